The van der Waals surface area contributed by atoms with Gasteiger partial charge in [-0.3, -0.25) is 0 Å². The molecule has 6 nitrogen and oxygen atoms in total. The van der Waals surface area contributed by atoms with Gasteiger partial charge in [-0.15, -0.1) is 0 Å². The zero-order chi connectivity index (χ0) is 14.0. The van der Waals surface area contributed by atoms with Gasteiger partial charge in [-0.05, 0) is 0 Å². The summed E-state index contributed by atoms with van der Waals surface area (Å²) in [6, 6.07) is 0. The van der Waals surface area contributed by atoms with Crippen LogP contribution in [0.3, 0.4) is 0 Å². The average molecular weight is 340 g/mol. The van der Waals surface area contributed by atoms with Crippen LogP contribution in [-0.2, 0) is 20.0 Å². The first kappa shape index (κ1) is 22.8. The number of primary sulfonamides is 2. The summed E-state index contributed by atoms with van der Waals surface area (Å²) >= 11 is 0. The van der Waals surface area contributed by atoms with Gasteiger partial charge < -0.3 is 0 Å². The summed E-state index contributed by atoms with van der Waals surface area (Å²) in [6.07, 6.45) is 0. The molecule has 0 rings (SSSR count). The van der Waals surface area contributed by atoms with Gasteiger partial charge in [0.2, 0.25) is 0 Å². The summed E-state index contributed by atoms with van der Waals surface area (Å²) in [5.74, 6) is 0. The van der Waals surface area contributed by atoms with Crippen molar-refractivity contribution in [3.63, 3.8) is 0 Å². The maximum atomic E-state index is 10.8. The second-order valence-corrected chi connectivity index (χ2v) is 5.09. The van der Waals surface area contributed by atoms with E-state index in [1.54, 1.807) is 0 Å². The maximum absolute atomic E-state index is 10.8. The van der Waals surface area contributed by atoms with Crippen LogP contribution in [0.25, 0.3) is 0 Å². The Balaban J connectivity index is -0.000000218. The van der Waals surface area contributed by atoms with Crippen LogP contribution in [-0.4, -0.2) is 65.6 Å². The van der Waals surface area contributed by atoms with E-state index in [2.05, 4.69) is 10.3 Å². The van der Waals surface area contributed by atoms with Crippen LogP contribution < -0.4 is 10.3 Å². The van der Waals surface area contributed by atoms with Crippen molar-refractivity contribution >= 4 is 57.8 Å². The predicted molar refractivity (Wildman–Crippen MR) is 46.9 cm³/mol. The van der Waals surface area contributed by atoms with Gasteiger partial charge in [0.15, 0.2) is 0 Å². The van der Waals surface area contributed by atoms with Gasteiger partial charge in [-0.1, -0.05) is 0 Å². The van der Waals surface area contributed by atoms with E-state index in [-0.39, 0.29) is 37.7 Å². The van der Waals surface area contributed by atoms with Crippen LogP contribution in [0, 0.1) is 0 Å². The topological polar surface area (TPSA) is 120 Å². The van der Waals surface area contributed by atoms with Crippen molar-refractivity contribution in [3.8, 4) is 0 Å². The molecular formula is C2H6CaF6N2O4S2. The van der Waals surface area contributed by atoms with Crippen LogP contribution in [0.5, 0.6) is 0 Å². The number of hydrogen-bond donors (Lipinski definition) is 2. The van der Waals surface area contributed by atoms with Crippen molar-refractivity contribution in [1.82, 2.24) is 0 Å². The first-order chi connectivity index (χ1) is 6.50. The third-order valence-corrected chi connectivity index (χ3v) is 1.94. The summed E-state index contributed by atoms with van der Waals surface area (Å²) in [5, 5.41) is 7.32. The van der Waals surface area contributed by atoms with Gasteiger partial charge in [0, 0.05) is 0 Å². The van der Waals surface area contributed by atoms with E-state index in [0.29, 0.717) is 0 Å². The van der Waals surface area contributed by atoms with Gasteiger partial charge in [0.25, 0.3) is 0 Å². The molecule has 0 fully saturated rings. The van der Waals surface area contributed by atoms with E-state index in [1.807, 2.05) is 0 Å². The summed E-state index contributed by atoms with van der Waals surface area (Å²) in [7, 11) is -10.7. The molecule has 0 saturated carbocycles. The standard InChI is InChI=1S/2CH2F3NO2S.Ca.2H/c2*2-1(3,4)8(5,6)7;;;/h2*(H2,5,6,7);;;. The zero-order valence-electron chi connectivity index (χ0n) is 6.87. The van der Waals surface area contributed by atoms with Crippen LogP contribution in [0.4, 0.5) is 26.3 Å². The van der Waals surface area contributed by atoms with Crippen LogP contribution in [0.2, 0.25) is 0 Å². The minimum atomic E-state index is -5.34. The zero-order valence-corrected chi connectivity index (χ0v) is 8.50. The molecule has 0 aliphatic carbocycles. The Labute approximate surface area is 121 Å². The van der Waals surface area contributed by atoms with E-state index in [0.717, 1.165) is 0 Å². The molecule has 0 spiro atoms. The molecule has 0 aromatic heterocycles. The fourth-order valence-electron chi connectivity index (χ4n) is 0. The molecule has 0 aromatic rings. The number of rotatable bonds is 0. The van der Waals surface area contributed by atoms with Crippen LogP contribution >= 0.6 is 0 Å². The molecule has 15 heteroatoms. The molecule has 0 bridgehead atoms. The molecule has 0 amide bonds. The molecule has 0 unspecified atom stereocenters. The Kier molecular flexibility index (Phi) is 9.01. The Bertz CT molecular complexity index is 380. The van der Waals surface area contributed by atoms with E-state index >= 15 is 0 Å². The van der Waals surface area contributed by atoms with E-state index in [4.69, 9.17) is 0 Å². The number of alkyl halides is 6. The van der Waals surface area contributed by atoms with Gasteiger partial charge in [-0.25, -0.2) is 27.1 Å². The fourth-order valence-corrected chi connectivity index (χ4v) is 0. The first-order valence-corrected chi connectivity index (χ1v) is 5.77. The molecule has 0 aliphatic heterocycles. The SMILES string of the molecule is NS(=O)(=O)C(F)(F)F.NS(=O)(=O)C(F)(F)F.[CaH2]. The average Bonchev–Trinajstić information content (AvgIpc) is 1.77. The summed E-state index contributed by atoms with van der Waals surface area (Å²) in [6.45, 7) is 0. The Morgan fingerprint density at radius 1 is 0.647 bits per heavy atom. The summed E-state index contributed by atoms with van der Waals surface area (Å²) in [5.41, 5.74) is -10.6. The molecular weight excluding hydrogens is 334 g/mol. The van der Waals surface area contributed by atoms with E-state index in [9.17, 15) is 43.2 Å². The number of nitrogens with two attached hydrogens (primary N) is 2. The Morgan fingerprint density at radius 3 is 0.706 bits per heavy atom. The fraction of sp³-hybridized carbons (Fsp3) is 1.00. The van der Waals surface area contributed by atoms with Crippen molar-refractivity contribution in [2.75, 3.05) is 0 Å². The molecule has 104 valence electrons. The molecule has 17 heavy (non-hydrogen) atoms. The molecule has 0 atom stereocenters. The van der Waals surface area contributed by atoms with Crippen molar-refractivity contribution in [2.45, 2.75) is 11.0 Å². The minimum absolute atomic E-state index is 0. The number of halogens is 6. The third kappa shape index (κ3) is 10.3. The molecule has 0 saturated heterocycles. The van der Waals surface area contributed by atoms with Gasteiger partial charge in [-0.2, -0.15) is 26.3 Å². The summed E-state index contributed by atoms with van der Waals surface area (Å²) in [4.78, 5) is 0. The van der Waals surface area contributed by atoms with Crippen molar-refractivity contribution in [1.29, 1.82) is 0 Å². The normalized spacial score (nSPS) is 13.2. The monoisotopic (exact) mass is 340 g/mol. The van der Waals surface area contributed by atoms with Crippen LogP contribution in [0.15, 0.2) is 0 Å². The van der Waals surface area contributed by atoms with Gasteiger partial charge in [0.1, 0.15) is 0 Å². The van der Waals surface area contributed by atoms with Gasteiger partial charge in [0.05, 0.1) is 0 Å². The Hall–Kier alpha value is 0.660. The predicted octanol–water partition coefficient (Wildman–Crippen LogP) is -1.33. The second kappa shape index (κ2) is 6.72. The Morgan fingerprint density at radius 2 is 0.706 bits per heavy atom. The number of hydrogen-bond acceptors (Lipinski definition) is 4. The first-order valence-electron chi connectivity index (χ1n) is 2.68. The summed E-state index contributed by atoms with van der Waals surface area (Å²) < 4.78 is 102. The van der Waals surface area contributed by atoms with Crippen molar-refractivity contribution in [3.05, 3.63) is 0 Å². The van der Waals surface area contributed by atoms with Gasteiger partial charge >= 0.3 is 68.8 Å². The quantitative estimate of drug-likeness (QED) is 0.419. The van der Waals surface area contributed by atoms with E-state index < -0.39 is 31.1 Å². The van der Waals surface area contributed by atoms with Crippen molar-refractivity contribution in [2.24, 2.45) is 10.3 Å². The molecule has 4 N–H and O–H groups in total. The molecule has 0 aliphatic rings. The van der Waals surface area contributed by atoms with E-state index in [1.165, 1.54) is 0 Å². The van der Waals surface area contributed by atoms with Crippen molar-refractivity contribution < 1.29 is 43.2 Å². The van der Waals surface area contributed by atoms with Crippen LogP contribution in [0.1, 0.15) is 0 Å². The third-order valence-electron chi connectivity index (χ3n) is 0.645. The number of sulfonamides is 2. The second-order valence-electron chi connectivity index (χ2n) is 1.98. The molecule has 0 radical (unpaired) electrons. The molecule has 0 aromatic carbocycles. The molecule has 0 heterocycles.